The van der Waals surface area contributed by atoms with Gasteiger partial charge in [-0.25, -0.2) is 4.39 Å². The van der Waals surface area contributed by atoms with Gasteiger partial charge in [-0.3, -0.25) is 0 Å². The lowest BCUT2D eigenvalue weighted by Crippen LogP contribution is -2.10. The molecule has 4 heteroatoms. The molecule has 1 unspecified atom stereocenters. The van der Waals surface area contributed by atoms with Crippen LogP contribution in [0.1, 0.15) is 19.4 Å². The largest absolute Gasteiger partial charge is 0.392 e. The Morgan fingerprint density at radius 3 is 2.76 bits per heavy atom. The molecule has 17 heavy (non-hydrogen) atoms. The molecule has 0 amide bonds. The number of rotatable bonds is 3. The average Bonchev–Trinajstić information content (AvgIpc) is 2.61. The average molecular weight is 256 g/mol. The van der Waals surface area contributed by atoms with Crippen LogP contribution >= 0.6 is 11.6 Å². The molecule has 2 nitrogen and oxygen atoms in total. The molecule has 2 aromatic rings. The quantitative estimate of drug-likeness (QED) is 0.894. The maximum atomic E-state index is 13.4. The molecule has 0 aliphatic rings. The molecular formula is C13H15ClFNO. The van der Waals surface area contributed by atoms with Crippen LogP contribution in [0.5, 0.6) is 0 Å². The summed E-state index contributed by atoms with van der Waals surface area (Å²) in [6.07, 6.45) is 2.27. The van der Waals surface area contributed by atoms with E-state index in [-0.39, 0.29) is 5.02 Å². The molecule has 0 radical (unpaired) electrons. The van der Waals surface area contributed by atoms with Gasteiger partial charge in [0.2, 0.25) is 0 Å². The summed E-state index contributed by atoms with van der Waals surface area (Å²) in [6.45, 7) is 4.21. The van der Waals surface area contributed by atoms with E-state index in [9.17, 15) is 9.50 Å². The number of benzene rings is 1. The normalized spacial score (nSPS) is 13.2. The smallest absolute Gasteiger partial charge is 0.142 e. The highest BCUT2D eigenvalue weighted by Gasteiger charge is 2.14. The molecule has 1 aromatic carbocycles. The van der Waals surface area contributed by atoms with Gasteiger partial charge in [0.1, 0.15) is 5.82 Å². The Balaban J connectivity index is 2.68. The summed E-state index contributed by atoms with van der Waals surface area (Å²) in [5, 5.41) is 10.4. The molecule has 0 saturated heterocycles. The van der Waals surface area contributed by atoms with Crippen molar-refractivity contribution in [2.75, 3.05) is 0 Å². The third kappa shape index (κ3) is 2.17. The molecular weight excluding hydrogens is 241 g/mol. The van der Waals surface area contributed by atoms with Crippen LogP contribution in [0.2, 0.25) is 5.02 Å². The Bertz CT molecular complexity index is 548. The number of fused-ring (bicyclic) bond motifs is 1. The van der Waals surface area contributed by atoms with E-state index >= 15 is 0 Å². The highest BCUT2D eigenvalue weighted by molar-refractivity contribution is 6.35. The second kappa shape index (κ2) is 4.67. The van der Waals surface area contributed by atoms with E-state index in [1.807, 2.05) is 17.7 Å². The standard InChI is InChI=1S/C13H15ClFNO/c1-3-9-7-16(6-8(2)17)11-5-4-10(15)13(14)12(9)11/h4-5,7-8,17H,3,6H2,1-2H3. The SMILES string of the molecule is CCc1cn(CC(C)O)c2ccc(F)c(Cl)c12. The zero-order valence-corrected chi connectivity index (χ0v) is 10.6. The van der Waals surface area contributed by atoms with Crippen LogP contribution in [0, 0.1) is 5.82 Å². The van der Waals surface area contributed by atoms with Gasteiger partial charge >= 0.3 is 0 Å². The van der Waals surface area contributed by atoms with Gasteiger partial charge in [0.05, 0.1) is 16.6 Å². The van der Waals surface area contributed by atoms with Gasteiger partial charge in [-0.1, -0.05) is 18.5 Å². The third-order valence-corrected chi connectivity index (χ3v) is 3.23. The number of halogens is 2. The van der Waals surface area contributed by atoms with E-state index in [1.54, 1.807) is 13.0 Å². The topological polar surface area (TPSA) is 25.2 Å². The van der Waals surface area contributed by atoms with Gasteiger partial charge in [0, 0.05) is 18.1 Å². The van der Waals surface area contributed by atoms with Gasteiger partial charge < -0.3 is 9.67 Å². The zero-order chi connectivity index (χ0) is 12.6. The zero-order valence-electron chi connectivity index (χ0n) is 9.87. The van der Waals surface area contributed by atoms with E-state index < -0.39 is 11.9 Å². The van der Waals surface area contributed by atoms with E-state index in [4.69, 9.17) is 11.6 Å². The minimum atomic E-state index is -0.445. The van der Waals surface area contributed by atoms with Crippen molar-refractivity contribution in [2.24, 2.45) is 0 Å². The Morgan fingerprint density at radius 2 is 2.18 bits per heavy atom. The Hall–Kier alpha value is -1.06. The Kier molecular flexibility index (Phi) is 3.40. The summed E-state index contributed by atoms with van der Waals surface area (Å²) >= 11 is 6.01. The Morgan fingerprint density at radius 1 is 1.47 bits per heavy atom. The number of nitrogens with zero attached hydrogens (tertiary/aromatic N) is 1. The van der Waals surface area contributed by atoms with Crippen LogP contribution < -0.4 is 0 Å². The molecule has 2 rings (SSSR count). The number of hydrogen-bond donors (Lipinski definition) is 1. The van der Waals surface area contributed by atoms with Crippen molar-refractivity contribution in [3.05, 3.63) is 34.7 Å². The fraction of sp³-hybridized carbons (Fsp3) is 0.385. The summed E-state index contributed by atoms with van der Waals surface area (Å²) in [5.41, 5.74) is 1.87. The third-order valence-electron chi connectivity index (χ3n) is 2.86. The second-order valence-corrected chi connectivity index (χ2v) is 4.64. The lowest BCUT2D eigenvalue weighted by Gasteiger charge is -2.07. The molecule has 1 aromatic heterocycles. The van der Waals surface area contributed by atoms with Crippen LogP contribution in [-0.2, 0) is 13.0 Å². The van der Waals surface area contributed by atoms with Crippen molar-refractivity contribution in [2.45, 2.75) is 32.9 Å². The van der Waals surface area contributed by atoms with Crippen molar-refractivity contribution in [1.29, 1.82) is 0 Å². The van der Waals surface area contributed by atoms with Gasteiger partial charge in [0.25, 0.3) is 0 Å². The summed E-state index contributed by atoms with van der Waals surface area (Å²) in [5.74, 6) is -0.399. The highest BCUT2D eigenvalue weighted by atomic mass is 35.5. The van der Waals surface area contributed by atoms with Gasteiger partial charge in [-0.2, -0.15) is 0 Å². The first kappa shape index (κ1) is 12.4. The van der Waals surface area contributed by atoms with E-state index in [1.165, 1.54) is 6.07 Å². The fourth-order valence-electron chi connectivity index (χ4n) is 2.11. The number of hydrogen-bond acceptors (Lipinski definition) is 1. The summed E-state index contributed by atoms with van der Waals surface area (Å²) < 4.78 is 15.4. The van der Waals surface area contributed by atoms with Crippen LogP contribution in [-0.4, -0.2) is 15.8 Å². The van der Waals surface area contributed by atoms with Crippen LogP contribution in [0.25, 0.3) is 10.9 Å². The first-order valence-corrected chi connectivity index (χ1v) is 6.06. The molecule has 0 saturated carbocycles. The van der Waals surface area contributed by atoms with Crippen molar-refractivity contribution < 1.29 is 9.50 Å². The fourth-order valence-corrected chi connectivity index (χ4v) is 2.39. The molecule has 0 aliphatic heterocycles. The maximum Gasteiger partial charge on any atom is 0.142 e. The first-order chi connectivity index (χ1) is 8.04. The monoisotopic (exact) mass is 255 g/mol. The predicted octanol–water partition coefficient (Wildman–Crippen LogP) is 3.38. The second-order valence-electron chi connectivity index (χ2n) is 4.26. The van der Waals surface area contributed by atoms with Crippen molar-refractivity contribution in [3.63, 3.8) is 0 Å². The molecule has 0 aliphatic carbocycles. The van der Waals surface area contributed by atoms with Crippen LogP contribution in [0.4, 0.5) is 4.39 Å². The number of aryl methyl sites for hydroxylation is 1. The minimum Gasteiger partial charge on any atom is -0.392 e. The van der Waals surface area contributed by atoms with Crippen LogP contribution in [0.15, 0.2) is 18.3 Å². The molecule has 1 N–H and O–H groups in total. The van der Waals surface area contributed by atoms with Gasteiger partial charge in [-0.05, 0) is 31.0 Å². The van der Waals surface area contributed by atoms with Gasteiger partial charge in [0.15, 0.2) is 0 Å². The Labute approximate surface area is 105 Å². The molecule has 0 bridgehead atoms. The highest BCUT2D eigenvalue weighted by Crippen LogP contribution is 2.31. The molecule has 0 fully saturated rings. The number of aliphatic hydroxyl groups excluding tert-OH is 1. The van der Waals surface area contributed by atoms with E-state index in [2.05, 4.69) is 0 Å². The molecule has 1 atom stereocenters. The molecule has 1 heterocycles. The van der Waals surface area contributed by atoms with Crippen molar-refractivity contribution in [1.82, 2.24) is 4.57 Å². The van der Waals surface area contributed by atoms with E-state index in [0.717, 1.165) is 22.9 Å². The van der Waals surface area contributed by atoms with Crippen molar-refractivity contribution >= 4 is 22.5 Å². The summed E-state index contributed by atoms with van der Waals surface area (Å²) in [7, 11) is 0. The predicted molar refractivity (Wildman–Crippen MR) is 68.0 cm³/mol. The molecule has 92 valence electrons. The van der Waals surface area contributed by atoms with E-state index in [0.29, 0.717) is 6.54 Å². The number of aromatic nitrogens is 1. The lowest BCUT2D eigenvalue weighted by atomic mass is 10.1. The number of aliphatic hydroxyl groups is 1. The summed E-state index contributed by atoms with van der Waals surface area (Å²) in [4.78, 5) is 0. The summed E-state index contributed by atoms with van der Waals surface area (Å²) in [6, 6.07) is 3.07. The lowest BCUT2D eigenvalue weighted by molar-refractivity contribution is 0.175. The maximum absolute atomic E-state index is 13.4. The van der Waals surface area contributed by atoms with Crippen molar-refractivity contribution in [3.8, 4) is 0 Å². The van der Waals surface area contributed by atoms with Gasteiger partial charge in [-0.15, -0.1) is 0 Å². The van der Waals surface area contributed by atoms with Crippen LogP contribution in [0.3, 0.4) is 0 Å². The first-order valence-electron chi connectivity index (χ1n) is 5.68. The molecule has 0 spiro atoms. The minimum absolute atomic E-state index is 0.170.